The fraction of sp³-hybridized carbons (Fsp3) is 0.250. The van der Waals surface area contributed by atoms with Gasteiger partial charge in [-0.05, 0) is 46.9 Å². The highest BCUT2D eigenvalue weighted by Crippen LogP contribution is 2.37. The lowest BCUT2D eigenvalue weighted by atomic mass is 9.95. The summed E-state index contributed by atoms with van der Waals surface area (Å²) in [4.78, 5) is 10.3. The van der Waals surface area contributed by atoms with Crippen molar-refractivity contribution in [3.63, 3.8) is 0 Å². The third kappa shape index (κ3) is 2.23. The van der Waals surface area contributed by atoms with Crippen molar-refractivity contribution < 1.29 is 9.13 Å². The lowest BCUT2D eigenvalue weighted by Gasteiger charge is -2.14. The lowest BCUT2D eigenvalue weighted by Crippen LogP contribution is -2.01. The second kappa shape index (κ2) is 5.13. The molecule has 0 saturated carbocycles. The highest BCUT2D eigenvalue weighted by Gasteiger charge is 2.26. The van der Waals surface area contributed by atoms with Crippen LogP contribution >= 0.6 is 0 Å². The van der Waals surface area contributed by atoms with Crippen molar-refractivity contribution in [1.29, 1.82) is 0 Å². The Bertz CT molecular complexity index is 670. The largest absolute Gasteiger partial charge is 0.364 e. The van der Waals surface area contributed by atoms with Gasteiger partial charge in [0.15, 0.2) is 0 Å². The van der Waals surface area contributed by atoms with Gasteiger partial charge in [0.1, 0.15) is 18.5 Å². The van der Waals surface area contributed by atoms with Gasteiger partial charge in [-0.15, -0.1) is 0 Å². The lowest BCUT2D eigenvalue weighted by molar-refractivity contribution is 0.0934. The Morgan fingerprint density at radius 2 is 2.05 bits per heavy atom. The van der Waals surface area contributed by atoms with Crippen molar-refractivity contribution in [3.05, 3.63) is 74.9 Å². The van der Waals surface area contributed by atoms with E-state index in [0.717, 1.165) is 27.8 Å². The molecule has 1 unspecified atom stereocenters. The van der Waals surface area contributed by atoms with Gasteiger partial charge in [0.05, 0.1) is 6.61 Å². The van der Waals surface area contributed by atoms with Crippen LogP contribution in [-0.2, 0) is 17.9 Å². The third-order valence-electron chi connectivity index (χ3n) is 3.66. The van der Waals surface area contributed by atoms with E-state index in [1.165, 1.54) is 12.1 Å². The fourth-order valence-corrected chi connectivity index (χ4v) is 2.67. The second-order valence-corrected chi connectivity index (χ2v) is 5.01. The van der Waals surface area contributed by atoms with E-state index in [4.69, 9.17) is 4.74 Å². The van der Waals surface area contributed by atoms with Crippen LogP contribution in [0.4, 0.5) is 4.39 Å². The van der Waals surface area contributed by atoms with Gasteiger partial charge in [0.25, 0.3) is 0 Å². The molecule has 0 saturated heterocycles. The molecule has 0 fully saturated rings. The zero-order valence-corrected chi connectivity index (χ0v) is 11.1. The molecular formula is C16H14FNO2. The van der Waals surface area contributed by atoms with Crippen LogP contribution in [0.3, 0.4) is 0 Å². The van der Waals surface area contributed by atoms with E-state index in [9.17, 15) is 9.30 Å². The smallest absolute Gasteiger partial charge is 0.123 e. The molecule has 4 heteroatoms. The molecule has 0 amide bonds. The highest BCUT2D eigenvalue weighted by atomic mass is 19.1. The van der Waals surface area contributed by atoms with Crippen molar-refractivity contribution in [2.45, 2.75) is 26.2 Å². The van der Waals surface area contributed by atoms with E-state index in [2.05, 4.69) is 5.18 Å². The average Bonchev–Trinajstić information content (AvgIpc) is 2.82. The summed E-state index contributed by atoms with van der Waals surface area (Å²) in [5.41, 5.74) is 4.89. The SMILES string of the molecule is Cc1cc(F)ccc1C1OCc2cc(CN=O)ccc21. The number of aryl methyl sites for hydroxylation is 1. The number of benzene rings is 2. The van der Waals surface area contributed by atoms with Gasteiger partial charge >= 0.3 is 0 Å². The zero-order chi connectivity index (χ0) is 14.1. The summed E-state index contributed by atoms with van der Waals surface area (Å²) < 4.78 is 19.0. The van der Waals surface area contributed by atoms with Crippen LogP contribution in [0.5, 0.6) is 0 Å². The van der Waals surface area contributed by atoms with Gasteiger partial charge in [-0.2, -0.15) is 4.91 Å². The van der Waals surface area contributed by atoms with E-state index >= 15 is 0 Å². The number of nitrogens with zero attached hydrogens (tertiary/aromatic N) is 1. The first-order valence-corrected chi connectivity index (χ1v) is 6.47. The Kier molecular flexibility index (Phi) is 3.32. The molecule has 1 atom stereocenters. The summed E-state index contributed by atoms with van der Waals surface area (Å²) in [5.74, 6) is -0.239. The van der Waals surface area contributed by atoms with Crippen LogP contribution in [0.2, 0.25) is 0 Å². The van der Waals surface area contributed by atoms with E-state index in [-0.39, 0.29) is 18.5 Å². The Hall–Kier alpha value is -2.07. The molecule has 0 N–H and O–H groups in total. The molecule has 1 heterocycles. The molecule has 3 rings (SSSR count). The monoisotopic (exact) mass is 271 g/mol. The Morgan fingerprint density at radius 3 is 2.80 bits per heavy atom. The van der Waals surface area contributed by atoms with E-state index in [0.29, 0.717) is 6.61 Å². The van der Waals surface area contributed by atoms with Crippen molar-refractivity contribution in [3.8, 4) is 0 Å². The minimum atomic E-state index is -0.239. The summed E-state index contributed by atoms with van der Waals surface area (Å²) in [5, 5.41) is 2.90. The number of halogens is 1. The predicted octanol–water partition coefficient (Wildman–Crippen LogP) is 4.02. The van der Waals surface area contributed by atoms with Crippen LogP contribution in [0.1, 0.15) is 33.9 Å². The number of hydrogen-bond donors (Lipinski definition) is 0. The first-order chi connectivity index (χ1) is 9.69. The maximum atomic E-state index is 13.2. The normalized spacial score (nSPS) is 17.0. The van der Waals surface area contributed by atoms with E-state index in [1.54, 1.807) is 6.07 Å². The summed E-state index contributed by atoms with van der Waals surface area (Å²) in [6.45, 7) is 2.56. The van der Waals surface area contributed by atoms with Crippen LogP contribution in [0.15, 0.2) is 41.6 Å². The van der Waals surface area contributed by atoms with Crippen LogP contribution in [0, 0.1) is 17.6 Å². The van der Waals surface area contributed by atoms with Crippen LogP contribution < -0.4 is 0 Å². The predicted molar refractivity (Wildman–Crippen MR) is 73.7 cm³/mol. The van der Waals surface area contributed by atoms with Crippen molar-refractivity contribution in [1.82, 2.24) is 0 Å². The third-order valence-corrected chi connectivity index (χ3v) is 3.66. The summed E-state index contributed by atoms with van der Waals surface area (Å²) >= 11 is 0. The standard InChI is InChI=1S/C16H14FNO2/c1-10-6-13(17)3-5-14(10)16-15-4-2-11(8-18-19)7-12(15)9-20-16/h2-7,16H,8-9H2,1H3. The highest BCUT2D eigenvalue weighted by molar-refractivity contribution is 5.43. The van der Waals surface area contributed by atoms with Crippen molar-refractivity contribution in [2.75, 3.05) is 0 Å². The Labute approximate surface area is 116 Å². The molecule has 1 aliphatic heterocycles. The second-order valence-electron chi connectivity index (χ2n) is 5.01. The topological polar surface area (TPSA) is 38.7 Å². The fourth-order valence-electron chi connectivity index (χ4n) is 2.67. The molecule has 2 aromatic rings. The first kappa shape index (κ1) is 12.9. The van der Waals surface area contributed by atoms with Gasteiger partial charge in [-0.25, -0.2) is 4.39 Å². The van der Waals surface area contributed by atoms with Gasteiger partial charge in [-0.3, -0.25) is 0 Å². The molecule has 0 bridgehead atoms. The molecule has 3 nitrogen and oxygen atoms in total. The minimum absolute atomic E-state index is 0.163. The Balaban J connectivity index is 1.98. The number of rotatable bonds is 3. The van der Waals surface area contributed by atoms with Gasteiger partial charge in [0.2, 0.25) is 0 Å². The van der Waals surface area contributed by atoms with Crippen molar-refractivity contribution >= 4 is 0 Å². The number of nitroso groups, excluding NO2 is 1. The van der Waals surface area contributed by atoms with Crippen LogP contribution in [-0.4, -0.2) is 0 Å². The van der Waals surface area contributed by atoms with E-state index < -0.39 is 0 Å². The molecule has 20 heavy (non-hydrogen) atoms. The number of ether oxygens (including phenoxy) is 1. The summed E-state index contributed by atoms with van der Waals surface area (Å²) in [6.07, 6.45) is -0.163. The van der Waals surface area contributed by atoms with Crippen LogP contribution in [0.25, 0.3) is 0 Å². The average molecular weight is 271 g/mol. The summed E-state index contributed by atoms with van der Waals surface area (Å²) in [6, 6.07) is 10.5. The minimum Gasteiger partial charge on any atom is -0.364 e. The quantitative estimate of drug-likeness (QED) is 0.791. The molecule has 0 aromatic heterocycles. The molecule has 2 aromatic carbocycles. The number of hydrogen-bond acceptors (Lipinski definition) is 3. The molecule has 1 aliphatic rings. The molecular weight excluding hydrogens is 257 g/mol. The zero-order valence-electron chi connectivity index (χ0n) is 11.1. The van der Waals surface area contributed by atoms with Gasteiger partial charge < -0.3 is 4.74 Å². The van der Waals surface area contributed by atoms with Gasteiger partial charge in [-0.1, -0.05) is 29.4 Å². The molecule has 0 radical (unpaired) electrons. The van der Waals surface area contributed by atoms with E-state index in [1.807, 2.05) is 25.1 Å². The Morgan fingerprint density at radius 1 is 1.25 bits per heavy atom. The first-order valence-electron chi connectivity index (χ1n) is 6.47. The van der Waals surface area contributed by atoms with Gasteiger partial charge in [0, 0.05) is 0 Å². The molecule has 102 valence electrons. The number of fused-ring (bicyclic) bond motifs is 1. The maximum Gasteiger partial charge on any atom is 0.123 e. The maximum absolute atomic E-state index is 13.2. The summed E-state index contributed by atoms with van der Waals surface area (Å²) in [7, 11) is 0. The molecule has 0 spiro atoms. The molecule has 0 aliphatic carbocycles. The van der Waals surface area contributed by atoms with Crippen molar-refractivity contribution in [2.24, 2.45) is 5.18 Å².